The number of phosphoric acid groups is 1. The molecule has 0 aromatic carbocycles. The Balaban J connectivity index is 4.09. The van der Waals surface area contributed by atoms with Crippen molar-refractivity contribution in [3.63, 3.8) is 0 Å². The monoisotopic (exact) mass is 756 g/mol. The lowest BCUT2D eigenvalue weighted by Gasteiger charge is -2.19. The lowest BCUT2D eigenvalue weighted by molar-refractivity contribution is -0.153. The first-order chi connectivity index (χ1) is 25.4. The van der Waals surface area contributed by atoms with Crippen LogP contribution in [0, 0.1) is 0 Å². The molecule has 0 aliphatic rings. The molecular formula is C43H82NO7P. The first-order valence-corrected chi connectivity index (χ1v) is 23.0. The van der Waals surface area contributed by atoms with Crippen LogP contribution in [0.3, 0.4) is 0 Å². The molecular weight excluding hydrogens is 673 g/mol. The van der Waals surface area contributed by atoms with Crippen molar-refractivity contribution < 1.29 is 32.8 Å². The van der Waals surface area contributed by atoms with Crippen molar-refractivity contribution in [3.8, 4) is 0 Å². The summed E-state index contributed by atoms with van der Waals surface area (Å²) in [6.45, 7) is 4.22. The van der Waals surface area contributed by atoms with Gasteiger partial charge in [-0.1, -0.05) is 167 Å². The fourth-order valence-corrected chi connectivity index (χ4v) is 6.70. The van der Waals surface area contributed by atoms with Crippen molar-refractivity contribution in [2.45, 2.75) is 206 Å². The second-order valence-electron chi connectivity index (χ2n) is 14.3. The third kappa shape index (κ3) is 39.8. The normalized spacial score (nSPS) is 13.8. The third-order valence-electron chi connectivity index (χ3n) is 9.12. The molecule has 0 saturated carbocycles. The van der Waals surface area contributed by atoms with E-state index < -0.39 is 13.9 Å². The average Bonchev–Trinajstić information content (AvgIpc) is 3.13. The molecule has 0 aliphatic heterocycles. The average molecular weight is 756 g/mol. The number of ether oxygens (including phenoxy) is 2. The molecule has 9 heteroatoms. The van der Waals surface area contributed by atoms with E-state index in [1.165, 1.54) is 135 Å². The number of carbonyl (C=O) groups is 1. The largest absolute Gasteiger partial charge is 0.498 e. The molecule has 0 saturated heterocycles. The summed E-state index contributed by atoms with van der Waals surface area (Å²) in [7, 11) is -4.29. The Morgan fingerprint density at radius 1 is 0.596 bits per heavy atom. The van der Waals surface area contributed by atoms with E-state index in [0.717, 1.165) is 44.9 Å². The lowest BCUT2D eigenvalue weighted by Crippen LogP contribution is -2.27. The zero-order valence-corrected chi connectivity index (χ0v) is 34.7. The molecule has 1 unspecified atom stereocenters. The Bertz CT molecular complexity index is 895. The van der Waals surface area contributed by atoms with Gasteiger partial charge in [-0.2, -0.15) is 0 Å². The summed E-state index contributed by atoms with van der Waals surface area (Å²) >= 11 is 0. The highest BCUT2D eigenvalue weighted by Crippen LogP contribution is 2.43. The van der Waals surface area contributed by atoms with Crippen LogP contribution in [-0.4, -0.2) is 43.3 Å². The van der Waals surface area contributed by atoms with E-state index in [1.807, 2.05) is 6.08 Å². The van der Waals surface area contributed by atoms with E-state index in [2.05, 4.69) is 38.2 Å². The van der Waals surface area contributed by atoms with Crippen LogP contribution in [0.15, 0.2) is 36.6 Å². The zero-order chi connectivity index (χ0) is 38.1. The number of phosphoric ester groups is 1. The van der Waals surface area contributed by atoms with Gasteiger partial charge in [0.05, 0.1) is 19.5 Å². The van der Waals surface area contributed by atoms with Crippen LogP contribution in [0.2, 0.25) is 0 Å². The molecule has 0 aromatic rings. The summed E-state index contributed by atoms with van der Waals surface area (Å²) < 4.78 is 33.2. The van der Waals surface area contributed by atoms with Gasteiger partial charge in [0.1, 0.15) is 6.61 Å². The fourth-order valence-electron chi connectivity index (χ4n) is 5.93. The van der Waals surface area contributed by atoms with E-state index in [0.29, 0.717) is 6.42 Å². The van der Waals surface area contributed by atoms with E-state index in [4.69, 9.17) is 24.3 Å². The molecule has 0 heterocycles. The molecule has 3 N–H and O–H groups in total. The Kier molecular flexibility index (Phi) is 39.6. The minimum atomic E-state index is -4.29. The van der Waals surface area contributed by atoms with Crippen molar-refractivity contribution >= 4 is 13.8 Å². The summed E-state index contributed by atoms with van der Waals surface area (Å²) in [4.78, 5) is 22.4. The maximum atomic E-state index is 12.6. The number of carbonyl (C=O) groups excluding carboxylic acids is 1. The van der Waals surface area contributed by atoms with Crippen LogP contribution in [-0.2, 0) is 27.9 Å². The number of unbranched alkanes of at least 4 members (excludes halogenated alkanes) is 24. The minimum Gasteiger partial charge on any atom is -0.498 e. The fraction of sp³-hybridized carbons (Fsp3) is 0.837. The third-order valence-corrected chi connectivity index (χ3v) is 10.1. The number of hydrogen-bond donors (Lipinski definition) is 2. The van der Waals surface area contributed by atoms with Crippen molar-refractivity contribution in [2.24, 2.45) is 5.73 Å². The van der Waals surface area contributed by atoms with Crippen LogP contribution < -0.4 is 5.73 Å². The Hall–Kier alpha value is -1.44. The van der Waals surface area contributed by atoms with Crippen molar-refractivity contribution in [1.29, 1.82) is 0 Å². The summed E-state index contributed by atoms with van der Waals surface area (Å²) in [5.74, 6) is -0.359. The maximum Gasteiger partial charge on any atom is 0.472 e. The molecule has 52 heavy (non-hydrogen) atoms. The van der Waals surface area contributed by atoms with Gasteiger partial charge in [0.2, 0.25) is 0 Å². The van der Waals surface area contributed by atoms with Crippen LogP contribution in [0.4, 0.5) is 0 Å². The number of hydrogen-bond acceptors (Lipinski definition) is 7. The molecule has 0 bridgehead atoms. The second-order valence-corrected chi connectivity index (χ2v) is 15.7. The standard InChI is InChI=1S/C43H82NO7P/c1-3-5-7-9-11-13-15-17-19-21-22-24-26-28-30-32-34-36-43(45)51-42(41-50-52(46,47)49-39-37-44)40-48-38-35-33-31-29-27-25-23-20-18-16-14-12-10-8-6-4-2/h11,13,17,19,35,38,42H,3-10,12,14-16,18,20-34,36-37,39-41,44H2,1-2H3,(H,46,47)/b13-11-,19-17-,38-35-/t42-/m1/s1. The van der Waals surface area contributed by atoms with Gasteiger partial charge in [-0.3, -0.25) is 13.8 Å². The molecule has 0 amide bonds. The van der Waals surface area contributed by atoms with Gasteiger partial charge < -0.3 is 20.1 Å². The second kappa shape index (κ2) is 40.7. The molecule has 0 aromatic heterocycles. The molecule has 2 atom stereocenters. The van der Waals surface area contributed by atoms with Crippen LogP contribution >= 0.6 is 7.82 Å². The van der Waals surface area contributed by atoms with Gasteiger partial charge in [-0.25, -0.2) is 4.57 Å². The number of esters is 1. The topological polar surface area (TPSA) is 117 Å². The van der Waals surface area contributed by atoms with Crippen molar-refractivity contribution in [1.82, 2.24) is 0 Å². The summed E-state index contributed by atoms with van der Waals surface area (Å²) in [5, 5.41) is 0. The summed E-state index contributed by atoms with van der Waals surface area (Å²) in [6, 6.07) is 0. The van der Waals surface area contributed by atoms with Crippen LogP contribution in [0.5, 0.6) is 0 Å². The van der Waals surface area contributed by atoms with Gasteiger partial charge in [0.15, 0.2) is 6.10 Å². The number of nitrogens with two attached hydrogens (primary N) is 1. The van der Waals surface area contributed by atoms with Gasteiger partial charge in [0, 0.05) is 13.0 Å². The van der Waals surface area contributed by atoms with Crippen LogP contribution in [0.1, 0.15) is 200 Å². The van der Waals surface area contributed by atoms with Crippen LogP contribution in [0.25, 0.3) is 0 Å². The predicted octanol–water partition coefficient (Wildman–Crippen LogP) is 13.0. The number of allylic oxidation sites excluding steroid dienone is 5. The van der Waals surface area contributed by atoms with E-state index in [1.54, 1.807) is 6.26 Å². The summed E-state index contributed by atoms with van der Waals surface area (Å²) in [6.07, 6.45) is 46.8. The first kappa shape index (κ1) is 50.6. The van der Waals surface area contributed by atoms with E-state index in [9.17, 15) is 14.3 Å². The zero-order valence-electron chi connectivity index (χ0n) is 33.8. The highest BCUT2D eigenvalue weighted by molar-refractivity contribution is 7.47. The molecule has 306 valence electrons. The Morgan fingerprint density at radius 2 is 1.04 bits per heavy atom. The van der Waals surface area contributed by atoms with Gasteiger partial charge in [-0.05, 0) is 57.4 Å². The summed E-state index contributed by atoms with van der Waals surface area (Å²) in [5.41, 5.74) is 5.36. The molecule has 0 aliphatic carbocycles. The molecule has 0 spiro atoms. The van der Waals surface area contributed by atoms with E-state index >= 15 is 0 Å². The highest BCUT2D eigenvalue weighted by atomic mass is 31.2. The van der Waals surface area contributed by atoms with Gasteiger partial charge in [0.25, 0.3) is 0 Å². The first-order valence-electron chi connectivity index (χ1n) is 21.5. The lowest BCUT2D eigenvalue weighted by atomic mass is 10.0. The SMILES string of the molecule is CCCCC/C=C\C/C=C\CCCCCCCCCC(=O)O[C@H](CO/C=C\CCCCCCCCCCCCCCCC)COP(=O)(O)OCCN. The van der Waals surface area contributed by atoms with Crippen molar-refractivity contribution in [2.75, 3.05) is 26.4 Å². The Labute approximate surface area is 320 Å². The smallest absolute Gasteiger partial charge is 0.472 e. The maximum absolute atomic E-state index is 12.6. The quantitative estimate of drug-likeness (QED) is 0.0208. The van der Waals surface area contributed by atoms with Crippen molar-refractivity contribution in [3.05, 3.63) is 36.6 Å². The molecule has 0 fully saturated rings. The van der Waals surface area contributed by atoms with E-state index in [-0.39, 0.29) is 32.3 Å². The highest BCUT2D eigenvalue weighted by Gasteiger charge is 2.25. The molecule has 8 nitrogen and oxygen atoms in total. The minimum absolute atomic E-state index is 0.0306. The molecule has 0 rings (SSSR count). The predicted molar refractivity (Wildman–Crippen MR) is 219 cm³/mol. The van der Waals surface area contributed by atoms with Gasteiger partial charge in [-0.15, -0.1) is 0 Å². The number of rotatable bonds is 41. The van der Waals surface area contributed by atoms with Gasteiger partial charge >= 0.3 is 13.8 Å². The molecule has 0 radical (unpaired) electrons. The Morgan fingerprint density at radius 3 is 1.56 bits per heavy atom.